The van der Waals surface area contributed by atoms with Crippen molar-refractivity contribution < 1.29 is 9.18 Å². The summed E-state index contributed by atoms with van der Waals surface area (Å²) in [5.74, 6) is -0.860. The van der Waals surface area contributed by atoms with Gasteiger partial charge in [-0.05, 0) is 30.2 Å². The Balaban J connectivity index is 2.15. The molecule has 0 aliphatic heterocycles. The van der Waals surface area contributed by atoms with Crippen LogP contribution in [0.2, 0.25) is 5.02 Å². The lowest BCUT2D eigenvalue weighted by molar-refractivity contribution is -0.117. The first-order valence-corrected chi connectivity index (χ1v) is 6.80. The van der Waals surface area contributed by atoms with Crippen molar-refractivity contribution in [2.24, 2.45) is 0 Å². The van der Waals surface area contributed by atoms with Gasteiger partial charge in [0, 0.05) is 5.69 Å². The zero-order valence-corrected chi connectivity index (χ0v) is 11.8. The molecule has 0 saturated carbocycles. The van der Waals surface area contributed by atoms with Crippen LogP contribution in [0.15, 0.2) is 48.5 Å². The standard InChI is InChI=1S/C16H15ClFNO/c1-2-13(11-6-4-3-5-7-11)16(20)19-12-8-9-15(18)14(17)10-12/h3-10,13H,2H2,1H3,(H,19,20)/t13-/m0/s1. The minimum absolute atomic E-state index is 0.00411. The quantitative estimate of drug-likeness (QED) is 0.875. The molecule has 0 radical (unpaired) electrons. The third-order valence-corrected chi connectivity index (χ3v) is 3.40. The number of hydrogen-bond acceptors (Lipinski definition) is 1. The van der Waals surface area contributed by atoms with Crippen molar-refractivity contribution in [2.75, 3.05) is 5.32 Å². The monoisotopic (exact) mass is 291 g/mol. The fourth-order valence-corrected chi connectivity index (χ4v) is 2.24. The van der Waals surface area contributed by atoms with Crippen LogP contribution in [0, 0.1) is 5.82 Å². The minimum atomic E-state index is -0.500. The molecule has 4 heteroatoms. The van der Waals surface area contributed by atoms with E-state index >= 15 is 0 Å². The summed E-state index contributed by atoms with van der Waals surface area (Å²) in [5.41, 5.74) is 1.46. The molecule has 1 N–H and O–H groups in total. The van der Waals surface area contributed by atoms with Crippen molar-refractivity contribution in [3.63, 3.8) is 0 Å². The number of halogens is 2. The number of carbonyl (C=O) groups is 1. The average Bonchev–Trinajstić information content (AvgIpc) is 2.45. The molecule has 1 amide bonds. The van der Waals surface area contributed by atoms with Crippen LogP contribution in [-0.4, -0.2) is 5.91 Å². The van der Waals surface area contributed by atoms with Crippen LogP contribution in [0.1, 0.15) is 24.8 Å². The van der Waals surface area contributed by atoms with Crippen molar-refractivity contribution in [2.45, 2.75) is 19.3 Å². The molecule has 2 rings (SSSR count). The van der Waals surface area contributed by atoms with Gasteiger partial charge in [0.25, 0.3) is 0 Å². The van der Waals surface area contributed by atoms with Gasteiger partial charge in [-0.2, -0.15) is 0 Å². The van der Waals surface area contributed by atoms with E-state index in [1.165, 1.54) is 18.2 Å². The van der Waals surface area contributed by atoms with E-state index in [0.717, 1.165) is 5.56 Å². The van der Waals surface area contributed by atoms with Crippen LogP contribution < -0.4 is 5.32 Å². The lowest BCUT2D eigenvalue weighted by atomic mass is 9.95. The Morgan fingerprint density at radius 2 is 1.95 bits per heavy atom. The summed E-state index contributed by atoms with van der Waals surface area (Å²) in [6.45, 7) is 1.95. The van der Waals surface area contributed by atoms with Crippen LogP contribution in [0.3, 0.4) is 0 Å². The molecule has 0 aliphatic rings. The maximum Gasteiger partial charge on any atom is 0.231 e. The number of rotatable bonds is 4. The largest absolute Gasteiger partial charge is 0.326 e. The van der Waals surface area contributed by atoms with E-state index < -0.39 is 5.82 Å². The van der Waals surface area contributed by atoms with Gasteiger partial charge in [0.1, 0.15) is 5.82 Å². The number of nitrogens with one attached hydrogen (secondary N) is 1. The highest BCUT2D eigenvalue weighted by Gasteiger charge is 2.18. The number of carbonyl (C=O) groups excluding carboxylic acids is 1. The molecule has 2 aromatic carbocycles. The Morgan fingerprint density at radius 3 is 2.55 bits per heavy atom. The van der Waals surface area contributed by atoms with Gasteiger partial charge in [-0.3, -0.25) is 4.79 Å². The molecule has 0 fully saturated rings. The Hall–Kier alpha value is -1.87. The second-order valence-electron chi connectivity index (χ2n) is 4.49. The number of benzene rings is 2. The van der Waals surface area contributed by atoms with Gasteiger partial charge >= 0.3 is 0 Å². The van der Waals surface area contributed by atoms with Crippen LogP contribution in [-0.2, 0) is 4.79 Å². The van der Waals surface area contributed by atoms with Gasteiger partial charge in [0.05, 0.1) is 10.9 Å². The minimum Gasteiger partial charge on any atom is -0.326 e. The van der Waals surface area contributed by atoms with E-state index in [1.54, 1.807) is 0 Å². The molecule has 0 aromatic heterocycles. The summed E-state index contributed by atoms with van der Waals surface area (Å²) in [5, 5.41) is 2.77. The number of anilines is 1. The number of amides is 1. The maximum atomic E-state index is 13.1. The van der Waals surface area contributed by atoms with Crippen molar-refractivity contribution in [1.29, 1.82) is 0 Å². The van der Waals surface area contributed by atoms with E-state index in [4.69, 9.17) is 11.6 Å². The molecular formula is C16H15ClFNO. The fourth-order valence-electron chi connectivity index (χ4n) is 2.06. The Labute approximate surface area is 122 Å². The Bertz CT molecular complexity index is 601. The second-order valence-corrected chi connectivity index (χ2v) is 4.90. The van der Waals surface area contributed by atoms with E-state index in [-0.39, 0.29) is 16.8 Å². The smallest absolute Gasteiger partial charge is 0.231 e. The predicted molar refractivity (Wildman–Crippen MR) is 79.5 cm³/mol. The van der Waals surface area contributed by atoms with E-state index in [1.807, 2.05) is 37.3 Å². The Kier molecular flexibility index (Phi) is 4.74. The normalized spacial score (nSPS) is 11.9. The SMILES string of the molecule is CC[C@H](C(=O)Nc1ccc(F)c(Cl)c1)c1ccccc1. The van der Waals surface area contributed by atoms with Gasteiger partial charge in [-0.25, -0.2) is 4.39 Å². The highest BCUT2D eigenvalue weighted by molar-refractivity contribution is 6.31. The van der Waals surface area contributed by atoms with Gasteiger partial charge in [-0.15, -0.1) is 0 Å². The first kappa shape index (κ1) is 14.5. The summed E-state index contributed by atoms with van der Waals surface area (Å²) in [4.78, 5) is 12.3. The van der Waals surface area contributed by atoms with Gasteiger partial charge in [-0.1, -0.05) is 48.9 Å². The van der Waals surface area contributed by atoms with E-state index in [9.17, 15) is 9.18 Å². The van der Waals surface area contributed by atoms with Crippen LogP contribution in [0.5, 0.6) is 0 Å². The molecule has 1 atom stereocenters. The topological polar surface area (TPSA) is 29.1 Å². The lowest BCUT2D eigenvalue weighted by Gasteiger charge is -2.15. The molecular weight excluding hydrogens is 277 g/mol. The molecule has 20 heavy (non-hydrogen) atoms. The zero-order valence-electron chi connectivity index (χ0n) is 11.1. The molecule has 2 nitrogen and oxygen atoms in total. The first-order valence-electron chi connectivity index (χ1n) is 6.42. The maximum absolute atomic E-state index is 13.1. The van der Waals surface area contributed by atoms with Gasteiger partial charge < -0.3 is 5.32 Å². The van der Waals surface area contributed by atoms with Gasteiger partial charge in [0.15, 0.2) is 0 Å². The summed E-state index contributed by atoms with van der Waals surface area (Å²) in [6.07, 6.45) is 0.685. The molecule has 0 spiro atoms. The first-order chi connectivity index (χ1) is 9.61. The summed E-state index contributed by atoms with van der Waals surface area (Å²) in [7, 11) is 0. The van der Waals surface area contributed by atoms with Crippen LogP contribution in [0.25, 0.3) is 0 Å². The third kappa shape index (κ3) is 3.36. The van der Waals surface area contributed by atoms with Gasteiger partial charge in [0.2, 0.25) is 5.91 Å². The molecule has 0 heterocycles. The summed E-state index contributed by atoms with van der Waals surface area (Å²) >= 11 is 5.70. The van der Waals surface area contributed by atoms with Crippen molar-refractivity contribution in [3.05, 3.63) is 64.9 Å². The molecule has 0 bridgehead atoms. The lowest BCUT2D eigenvalue weighted by Crippen LogP contribution is -2.20. The second kappa shape index (κ2) is 6.53. The highest BCUT2D eigenvalue weighted by Crippen LogP contribution is 2.23. The highest BCUT2D eigenvalue weighted by atomic mass is 35.5. The fraction of sp³-hybridized carbons (Fsp3) is 0.188. The Morgan fingerprint density at radius 1 is 1.25 bits per heavy atom. The molecule has 0 saturated heterocycles. The summed E-state index contributed by atoms with van der Waals surface area (Å²) < 4.78 is 13.1. The summed E-state index contributed by atoms with van der Waals surface area (Å²) in [6, 6.07) is 13.7. The van der Waals surface area contributed by atoms with Crippen LogP contribution >= 0.6 is 11.6 Å². The molecule has 0 aliphatic carbocycles. The third-order valence-electron chi connectivity index (χ3n) is 3.11. The van der Waals surface area contributed by atoms with E-state index in [2.05, 4.69) is 5.32 Å². The molecule has 2 aromatic rings. The molecule has 0 unspecified atom stereocenters. The van der Waals surface area contributed by atoms with Crippen LogP contribution in [0.4, 0.5) is 10.1 Å². The molecule has 104 valence electrons. The average molecular weight is 292 g/mol. The zero-order chi connectivity index (χ0) is 14.5. The number of hydrogen-bond donors (Lipinski definition) is 1. The van der Waals surface area contributed by atoms with Crippen molar-refractivity contribution in [1.82, 2.24) is 0 Å². The van der Waals surface area contributed by atoms with Crippen molar-refractivity contribution >= 4 is 23.2 Å². The van der Waals surface area contributed by atoms with Crippen molar-refractivity contribution in [3.8, 4) is 0 Å². The van der Waals surface area contributed by atoms with E-state index in [0.29, 0.717) is 12.1 Å². The predicted octanol–water partition coefficient (Wildman–Crippen LogP) is 4.61.